The number of fused-ring (bicyclic) bond motifs is 3. The summed E-state index contributed by atoms with van der Waals surface area (Å²) < 4.78 is 36.4. The van der Waals surface area contributed by atoms with Crippen molar-refractivity contribution in [2.45, 2.75) is 173 Å². The molecular formula is C52H78N2O13. The fourth-order valence-corrected chi connectivity index (χ4v) is 10.6. The number of carbonyl (C=O) groups excluding carboxylic acids is 5. The van der Waals surface area contributed by atoms with Gasteiger partial charge in [-0.1, -0.05) is 75.8 Å². The Labute approximate surface area is 397 Å². The molecule has 1 aromatic carbocycles. The van der Waals surface area contributed by atoms with Crippen molar-refractivity contribution in [2.75, 3.05) is 34.5 Å². The summed E-state index contributed by atoms with van der Waals surface area (Å²) in [6.45, 7) is 11.5. The summed E-state index contributed by atoms with van der Waals surface area (Å²) in [7, 11) is 4.67. The van der Waals surface area contributed by atoms with Crippen LogP contribution in [0.4, 0.5) is 0 Å². The molecule has 67 heavy (non-hydrogen) atoms. The Morgan fingerprint density at radius 3 is 2.27 bits per heavy atom. The predicted octanol–water partition coefficient (Wildman–Crippen LogP) is 5.81. The Hall–Kier alpha value is -3.83. The largest absolute Gasteiger partial charge is 0.456 e. The first kappa shape index (κ1) is 54.1. The van der Waals surface area contributed by atoms with Gasteiger partial charge in [0.25, 0.3) is 11.7 Å². The van der Waals surface area contributed by atoms with Crippen LogP contribution in [-0.2, 0) is 58.9 Å². The van der Waals surface area contributed by atoms with E-state index in [-0.39, 0.29) is 68.1 Å². The lowest BCUT2D eigenvalue weighted by atomic mass is 9.81. The lowest BCUT2D eigenvalue weighted by molar-refractivity contribution is -0.302. The molecule has 2 saturated heterocycles. The highest BCUT2D eigenvalue weighted by Gasteiger charge is 2.56. The van der Waals surface area contributed by atoms with Crippen molar-refractivity contribution in [1.82, 2.24) is 10.2 Å². The van der Waals surface area contributed by atoms with Gasteiger partial charge in [0.05, 0.1) is 30.5 Å². The number of ketones is 2. The van der Waals surface area contributed by atoms with Crippen molar-refractivity contribution in [3.8, 4) is 0 Å². The number of nitrogens with zero attached hydrogens (tertiary/aromatic N) is 1. The van der Waals surface area contributed by atoms with Crippen molar-refractivity contribution in [2.24, 2.45) is 29.6 Å². The number of hydrogen-bond acceptors (Lipinski definition) is 13. The van der Waals surface area contributed by atoms with E-state index in [1.807, 2.05) is 63.3 Å². The van der Waals surface area contributed by atoms with Gasteiger partial charge in [0.15, 0.2) is 0 Å². The number of aliphatic hydroxyl groups excluding tert-OH is 1. The second kappa shape index (κ2) is 25.2. The summed E-state index contributed by atoms with van der Waals surface area (Å²) in [5, 5.41) is 26.8. The number of allylic oxidation sites excluding steroid dienone is 3. The number of esters is 1. The molecule has 3 heterocycles. The molecule has 1 unspecified atom stereocenters. The second-order valence-corrected chi connectivity index (χ2v) is 19.7. The number of aliphatic hydroxyl groups is 2. The van der Waals surface area contributed by atoms with E-state index < -0.39 is 77.8 Å². The van der Waals surface area contributed by atoms with Crippen LogP contribution in [-0.4, -0.2) is 134 Å². The normalized spacial score (nSPS) is 36.5. The minimum Gasteiger partial charge on any atom is -0.456 e. The van der Waals surface area contributed by atoms with Crippen LogP contribution in [0.5, 0.6) is 0 Å². The standard InChI is InChI=1S/C52H78N2O13/c1-10-38-23-31(2)22-32(3)24-44(63-8)48-45(64-9)26-34(5)52(61,67-48)49(58)50(59)54-21-15-14-18-39(54)51(60)66-47(35(6)40(55)28-41(38)56)33(4)25-37-19-20-42(43(27-37)62-7)65-30-46(57)53-29-36-16-12-11-13-17-36/h11-13,16-17,23,25,32,34-35,37-40,42-45,47-48,55,61H,10,14-15,18-22,24,26-30H2,1-9H3,(H,53,57)/b31-23+,33-25+/t32-,34+,35+,37-,38+,39-,40-,42+,43+,44?,45-,47+,48+,52+/m0/s1. The molecule has 0 spiro atoms. The first-order valence-electron chi connectivity index (χ1n) is 24.5. The predicted molar refractivity (Wildman–Crippen MR) is 250 cm³/mol. The van der Waals surface area contributed by atoms with Gasteiger partial charge in [0, 0.05) is 58.6 Å². The van der Waals surface area contributed by atoms with E-state index in [0.717, 1.165) is 11.1 Å². The third-order valence-corrected chi connectivity index (χ3v) is 14.6. The van der Waals surface area contributed by atoms with Crippen molar-refractivity contribution >= 4 is 29.4 Å². The number of piperidine rings is 1. The maximum Gasteiger partial charge on any atom is 0.329 e. The zero-order valence-electron chi connectivity index (χ0n) is 41.3. The van der Waals surface area contributed by atoms with Crippen LogP contribution < -0.4 is 5.32 Å². The molecule has 2 bridgehead atoms. The van der Waals surface area contributed by atoms with Gasteiger partial charge in [-0.3, -0.25) is 19.2 Å². The van der Waals surface area contributed by atoms with Crippen LogP contribution in [0.25, 0.3) is 0 Å². The summed E-state index contributed by atoms with van der Waals surface area (Å²) in [5.74, 6) is -7.94. The SMILES string of the molecule is CC[C@@H]1/C=C(\C)C[C@H](C)CC(OC)[C@H]2O[C@@](O)(C(=O)C(=O)N3CCCC[C@H]3C(=O)O[C@H](/C(C)=C/[C@@H]3CC[C@@H](OCC(=O)NCc4ccccc4)[C@H](OC)C3)[C@H](C)[C@@H](O)CC1=O)[C@H](C)C[C@@H]2OC. The number of amides is 2. The first-order valence-corrected chi connectivity index (χ1v) is 24.5. The van der Waals surface area contributed by atoms with Crippen molar-refractivity contribution < 1.29 is 62.6 Å². The topological polar surface area (TPSA) is 196 Å². The highest BCUT2D eigenvalue weighted by atomic mass is 16.7. The monoisotopic (exact) mass is 939 g/mol. The van der Waals surface area contributed by atoms with Crippen molar-refractivity contribution in [1.29, 1.82) is 0 Å². The van der Waals surface area contributed by atoms with Gasteiger partial charge >= 0.3 is 5.97 Å². The Balaban J connectivity index is 1.42. The molecule has 4 aliphatic rings. The molecule has 3 fully saturated rings. The van der Waals surface area contributed by atoms with Crippen LogP contribution >= 0.6 is 0 Å². The second-order valence-electron chi connectivity index (χ2n) is 19.7. The fourth-order valence-electron chi connectivity index (χ4n) is 10.6. The number of benzene rings is 1. The number of rotatable bonds is 11. The molecular weight excluding hydrogens is 861 g/mol. The van der Waals surface area contributed by atoms with Gasteiger partial charge in [-0.2, -0.15) is 0 Å². The number of ether oxygens (including phenoxy) is 6. The van der Waals surface area contributed by atoms with Gasteiger partial charge in [-0.25, -0.2) is 4.79 Å². The summed E-state index contributed by atoms with van der Waals surface area (Å²) in [6, 6.07) is 8.46. The first-order chi connectivity index (χ1) is 31.9. The number of methoxy groups -OCH3 is 3. The number of nitrogens with one attached hydrogen (secondary N) is 1. The van der Waals surface area contributed by atoms with E-state index in [0.29, 0.717) is 63.5 Å². The van der Waals surface area contributed by atoms with Crippen molar-refractivity contribution in [3.63, 3.8) is 0 Å². The minimum atomic E-state index is -2.52. The van der Waals surface area contributed by atoms with E-state index in [1.165, 1.54) is 19.1 Å². The van der Waals surface area contributed by atoms with Crippen LogP contribution in [0.1, 0.15) is 118 Å². The van der Waals surface area contributed by atoms with E-state index in [4.69, 9.17) is 28.4 Å². The maximum atomic E-state index is 14.5. The molecule has 0 aromatic heterocycles. The number of cyclic esters (lactones) is 1. The summed E-state index contributed by atoms with van der Waals surface area (Å²) >= 11 is 0. The Morgan fingerprint density at radius 2 is 1.60 bits per heavy atom. The van der Waals surface area contributed by atoms with Crippen LogP contribution in [0.3, 0.4) is 0 Å². The fraction of sp³-hybridized carbons (Fsp3) is 0.712. The van der Waals surface area contributed by atoms with Gasteiger partial charge in [0.1, 0.15) is 30.6 Å². The third-order valence-electron chi connectivity index (χ3n) is 14.6. The summed E-state index contributed by atoms with van der Waals surface area (Å²) in [6.07, 6.45) is 3.82. The van der Waals surface area contributed by atoms with Gasteiger partial charge in [-0.05, 0) is 101 Å². The molecule has 374 valence electrons. The molecule has 0 radical (unpaired) electrons. The van der Waals surface area contributed by atoms with E-state index in [9.17, 15) is 34.2 Å². The number of Topliss-reactive ketones (excluding diaryl/α,β-unsaturated/α-hetero) is 2. The molecule has 14 atom stereocenters. The molecule has 1 aliphatic carbocycles. The zero-order valence-corrected chi connectivity index (χ0v) is 41.3. The molecule has 3 N–H and O–H groups in total. The number of carbonyl (C=O) groups is 5. The zero-order chi connectivity index (χ0) is 49.0. The quantitative estimate of drug-likeness (QED) is 0.137. The highest BCUT2D eigenvalue weighted by Crippen LogP contribution is 2.39. The Morgan fingerprint density at radius 1 is 0.910 bits per heavy atom. The molecule has 3 aliphatic heterocycles. The average molecular weight is 939 g/mol. The lowest BCUT2D eigenvalue weighted by Crippen LogP contribution is -2.64. The van der Waals surface area contributed by atoms with E-state index in [2.05, 4.69) is 12.2 Å². The van der Waals surface area contributed by atoms with Gasteiger partial charge in [0.2, 0.25) is 11.7 Å². The molecule has 2 amide bonds. The van der Waals surface area contributed by atoms with Gasteiger partial charge in [-0.15, -0.1) is 0 Å². The number of hydrogen-bond donors (Lipinski definition) is 3. The highest BCUT2D eigenvalue weighted by molar-refractivity contribution is 6.39. The lowest BCUT2D eigenvalue weighted by Gasteiger charge is -2.47. The molecule has 5 rings (SSSR count). The van der Waals surface area contributed by atoms with Crippen LogP contribution in [0.15, 0.2) is 53.6 Å². The smallest absolute Gasteiger partial charge is 0.329 e. The summed E-state index contributed by atoms with van der Waals surface area (Å²) in [4.78, 5) is 71.1. The van der Waals surface area contributed by atoms with Crippen LogP contribution in [0, 0.1) is 29.6 Å². The molecule has 1 aromatic rings. The molecule has 15 nitrogen and oxygen atoms in total. The van der Waals surface area contributed by atoms with Gasteiger partial charge < -0.3 is 48.9 Å². The summed E-state index contributed by atoms with van der Waals surface area (Å²) in [5.41, 5.74) is 2.62. The van der Waals surface area contributed by atoms with E-state index >= 15 is 0 Å². The average Bonchev–Trinajstić information content (AvgIpc) is 3.32. The maximum absolute atomic E-state index is 14.5. The molecule has 15 heteroatoms. The Kier molecular flexibility index (Phi) is 20.3. The Bertz CT molecular complexity index is 1890. The van der Waals surface area contributed by atoms with E-state index in [1.54, 1.807) is 21.0 Å². The van der Waals surface area contributed by atoms with Crippen LogP contribution in [0.2, 0.25) is 0 Å². The minimum absolute atomic E-state index is 0.0191. The van der Waals surface area contributed by atoms with Crippen molar-refractivity contribution in [3.05, 3.63) is 59.2 Å². The molecule has 1 saturated carbocycles. The third kappa shape index (κ3) is 13.9.